The smallest absolute Gasteiger partial charge is 0.305 e. The highest BCUT2D eigenvalue weighted by Gasteiger charge is 2.24. The molecule has 18 heavy (non-hydrogen) atoms. The topological polar surface area (TPSA) is 107 Å². The largest absolute Gasteiger partial charge is 0.508 e. The van der Waals surface area contributed by atoms with Gasteiger partial charge in [-0.3, -0.25) is 9.59 Å². The predicted molar refractivity (Wildman–Crippen MR) is 63.6 cm³/mol. The van der Waals surface area contributed by atoms with E-state index in [2.05, 4.69) is 5.32 Å². The Morgan fingerprint density at radius 3 is 2.11 bits per heavy atom. The Hall–Kier alpha value is -2.24. The lowest BCUT2D eigenvalue weighted by molar-refractivity contribution is -0.138. The maximum absolute atomic E-state index is 11.8. The summed E-state index contributed by atoms with van der Waals surface area (Å²) in [6.45, 7) is 3.14. The quantitative estimate of drug-likeness (QED) is 0.642. The third-order valence-corrected chi connectivity index (χ3v) is 2.21. The summed E-state index contributed by atoms with van der Waals surface area (Å²) in [5.41, 5.74) is -0.866. The second-order valence-corrected chi connectivity index (χ2v) is 4.65. The zero-order valence-corrected chi connectivity index (χ0v) is 10.1. The second-order valence-electron chi connectivity index (χ2n) is 4.65. The van der Waals surface area contributed by atoms with Gasteiger partial charge in [-0.15, -0.1) is 0 Å². The van der Waals surface area contributed by atoms with Crippen molar-refractivity contribution in [3.63, 3.8) is 0 Å². The van der Waals surface area contributed by atoms with E-state index in [9.17, 15) is 19.8 Å². The number of carbonyl (C=O) groups is 2. The fraction of sp³-hybridized carbons (Fsp3) is 0.333. The lowest BCUT2D eigenvalue weighted by Gasteiger charge is -2.24. The molecule has 98 valence electrons. The maximum atomic E-state index is 11.8. The number of aromatic hydroxyl groups is 2. The van der Waals surface area contributed by atoms with Gasteiger partial charge in [0.05, 0.1) is 6.42 Å². The van der Waals surface area contributed by atoms with Gasteiger partial charge in [0.15, 0.2) is 0 Å². The van der Waals surface area contributed by atoms with Crippen molar-refractivity contribution in [2.75, 3.05) is 0 Å². The summed E-state index contributed by atoms with van der Waals surface area (Å²) in [5, 5.41) is 29.7. The minimum atomic E-state index is -1.03. The molecule has 0 aromatic heterocycles. The predicted octanol–water partition coefficient (Wildman–Crippen LogP) is 1.08. The molecule has 6 nitrogen and oxygen atoms in total. The zero-order valence-electron chi connectivity index (χ0n) is 10.1. The lowest BCUT2D eigenvalue weighted by atomic mass is 10.00. The number of carbonyl (C=O) groups excluding carboxylic acids is 1. The number of aliphatic carboxylic acids is 1. The summed E-state index contributed by atoms with van der Waals surface area (Å²) >= 11 is 0. The van der Waals surface area contributed by atoms with Gasteiger partial charge in [-0.05, 0) is 26.0 Å². The Morgan fingerprint density at radius 2 is 1.67 bits per heavy atom. The Kier molecular flexibility index (Phi) is 3.80. The molecular weight excluding hydrogens is 238 g/mol. The van der Waals surface area contributed by atoms with E-state index in [4.69, 9.17) is 5.11 Å². The molecule has 0 aliphatic heterocycles. The van der Waals surface area contributed by atoms with Crippen LogP contribution in [-0.4, -0.2) is 32.7 Å². The van der Waals surface area contributed by atoms with Gasteiger partial charge in [-0.1, -0.05) is 0 Å². The first-order chi connectivity index (χ1) is 8.19. The summed E-state index contributed by atoms with van der Waals surface area (Å²) in [5.74, 6) is -2.07. The van der Waals surface area contributed by atoms with Crippen LogP contribution in [0, 0.1) is 0 Å². The molecule has 0 spiro atoms. The molecule has 4 N–H and O–H groups in total. The molecule has 0 saturated carbocycles. The minimum absolute atomic E-state index is 0.0611. The minimum Gasteiger partial charge on any atom is -0.508 e. The molecule has 1 aromatic rings. The van der Waals surface area contributed by atoms with Crippen molar-refractivity contribution in [1.29, 1.82) is 0 Å². The number of amides is 1. The summed E-state index contributed by atoms with van der Waals surface area (Å²) in [6.07, 6.45) is -0.233. The van der Waals surface area contributed by atoms with Crippen LogP contribution in [0.15, 0.2) is 18.2 Å². The van der Waals surface area contributed by atoms with E-state index < -0.39 is 17.4 Å². The molecule has 0 heterocycles. The van der Waals surface area contributed by atoms with E-state index in [-0.39, 0.29) is 23.5 Å². The van der Waals surface area contributed by atoms with Crippen LogP contribution < -0.4 is 5.32 Å². The highest BCUT2D eigenvalue weighted by atomic mass is 16.4. The molecule has 0 atom stereocenters. The molecule has 1 amide bonds. The highest BCUT2D eigenvalue weighted by Crippen LogP contribution is 2.21. The number of benzene rings is 1. The van der Waals surface area contributed by atoms with Crippen molar-refractivity contribution in [3.8, 4) is 11.5 Å². The van der Waals surface area contributed by atoms with Crippen molar-refractivity contribution >= 4 is 11.9 Å². The van der Waals surface area contributed by atoms with E-state index >= 15 is 0 Å². The van der Waals surface area contributed by atoms with Crippen LogP contribution in [0.25, 0.3) is 0 Å². The number of rotatable bonds is 4. The first-order valence-electron chi connectivity index (χ1n) is 5.27. The molecule has 1 rings (SSSR count). The summed E-state index contributed by atoms with van der Waals surface area (Å²) < 4.78 is 0. The van der Waals surface area contributed by atoms with Gasteiger partial charge in [-0.25, -0.2) is 0 Å². The molecule has 0 radical (unpaired) electrons. The number of phenolic OH excluding ortho intramolecular Hbond substituents is 2. The van der Waals surface area contributed by atoms with E-state index in [0.29, 0.717) is 0 Å². The lowest BCUT2D eigenvalue weighted by Crippen LogP contribution is -2.44. The summed E-state index contributed by atoms with van der Waals surface area (Å²) in [7, 11) is 0. The highest BCUT2D eigenvalue weighted by molar-refractivity contribution is 5.95. The average molecular weight is 253 g/mol. The Labute approximate surface area is 104 Å². The number of hydrogen-bond acceptors (Lipinski definition) is 4. The monoisotopic (exact) mass is 253 g/mol. The molecule has 0 saturated heterocycles. The van der Waals surface area contributed by atoms with E-state index in [1.54, 1.807) is 13.8 Å². The Bertz CT molecular complexity index is 461. The van der Waals surface area contributed by atoms with Crippen molar-refractivity contribution < 1.29 is 24.9 Å². The zero-order chi connectivity index (χ0) is 13.9. The molecule has 1 aromatic carbocycles. The van der Waals surface area contributed by atoms with Crippen molar-refractivity contribution in [2.45, 2.75) is 25.8 Å². The first kappa shape index (κ1) is 13.8. The molecule has 0 bridgehead atoms. The Morgan fingerprint density at radius 1 is 1.17 bits per heavy atom. The van der Waals surface area contributed by atoms with Gasteiger partial charge in [0.1, 0.15) is 11.5 Å². The number of hydrogen-bond donors (Lipinski definition) is 4. The van der Waals surface area contributed by atoms with Gasteiger partial charge < -0.3 is 20.6 Å². The van der Waals surface area contributed by atoms with Crippen LogP contribution in [0.3, 0.4) is 0 Å². The summed E-state index contributed by atoms with van der Waals surface area (Å²) in [4.78, 5) is 22.4. The summed E-state index contributed by atoms with van der Waals surface area (Å²) in [6, 6.07) is 3.47. The molecule has 0 unspecified atom stereocenters. The molecule has 0 aliphatic rings. The van der Waals surface area contributed by atoms with Crippen LogP contribution in [0.4, 0.5) is 0 Å². The van der Waals surface area contributed by atoms with Crippen LogP contribution >= 0.6 is 0 Å². The second kappa shape index (κ2) is 4.95. The standard InChI is InChI=1S/C12H15NO5/c1-12(2,6-10(16)17)13-11(18)7-3-8(14)5-9(15)4-7/h3-5,14-15H,6H2,1-2H3,(H,13,18)(H,16,17). The average Bonchev–Trinajstić information content (AvgIpc) is 2.12. The SMILES string of the molecule is CC(C)(CC(=O)O)NC(=O)c1cc(O)cc(O)c1. The van der Waals surface area contributed by atoms with E-state index in [1.807, 2.05) is 0 Å². The first-order valence-corrected chi connectivity index (χ1v) is 5.27. The van der Waals surface area contributed by atoms with Crippen LogP contribution in [0.5, 0.6) is 11.5 Å². The number of phenols is 2. The number of nitrogens with one attached hydrogen (secondary N) is 1. The van der Waals surface area contributed by atoms with E-state index in [0.717, 1.165) is 6.07 Å². The van der Waals surface area contributed by atoms with Gasteiger partial charge in [-0.2, -0.15) is 0 Å². The van der Waals surface area contributed by atoms with Crippen LogP contribution in [0.2, 0.25) is 0 Å². The number of carboxylic acids is 1. The van der Waals surface area contributed by atoms with Gasteiger partial charge in [0.25, 0.3) is 5.91 Å². The van der Waals surface area contributed by atoms with Crippen LogP contribution in [-0.2, 0) is 4.79 Å². The van der Waals surface area contributed by atoms with E-state index in [1.165, 1.54) is 12.1 Å². The molecule has 6 heteroatoms. The third kappa shape index (κ3) is 3.97. The fourth-order valence-corrected chi connectivity index (χ4v) is 1.53. The molecular formula is C12H15NO5. The maximum Gasteiger partial charge on any atom is 0.305 e. The van der Waals surface area contributed by atoms with Gasteiger partial charge >= 0.3 is 5.97 Å². The van der Waals surface area contributed by atoms with Crippen molar-refractivity contribution in [2.24, 2.45) is 0 Å². The van der Waals surface area contributed by atoms with Crippen molar-refractivity contribution in [1.82, 2.24) is 5.32 Å². The van der Waals surface area contributed by atoms with Gasteiger partial charge in [0.2, 0.25) is 0 Å². The molecule has 0 aliphatic carbocycles. The Balaban J connectivity index is 2.85. The molecule has 0 fully saturated rings. The fourth-order valence-electron chi connectivity index (χ4n) is 1.53. The third-order valence-electron chi connectivity index (χ3n) is 2.21. The van der Waals surface area contributed by atoms with Crippen molar-refractivity contribution in [3.05, 3.63) is 23.8 Å². The normalized spacial score (nSPS) is 11.0. The number of carboxylic acid groups (broad SMARTS) is 1. The van der Waals surface area contributed by atoms with Crippen LogP contribution in [0.1, 0.15) is 30.6 Å². The van der Waals surface area contributed by atoms with Gasteiger partial charge in [0, 0.05) is 17.2 Å².